The van der Waals surface area contributed by atoms with Crippen molar-refractivity contribution in [3.05, 3.63) is 10.6 Å². The Morgan fingerprint density at radius 2 is 2.32 bits per heavy atom. The molecule has 0 radical (unpaired) electrons. The molecule has 1 unspecified atom stereocenters. The van der Waals surface area contributed by atoms with Crippen molar-refractivity contribution >= 4 is 28.5 Å². The number of aromatic nitrogens is 1. The van der Waals surface area contributed by atoms with Crippen LogP contribution in [0.2, 0.25) is 0 Å². The number of likely N-dealkylation sites (tertiary alicyclic amines) is 1. The van der Waals surface area contributed by atoms with E-state index >= 15 is 0 Å². The number of carbonyl (C=O) groups is 2. The van der Waals surface area contributed by atoms with E-state index in [4.69, 9.17) is 5.11 Å². The van der Waals surface area contributed by atoms with Gasteiger partial charge in [0.1, 0.15) is 6.04 Å². The molecule has 1 atom stereocenters. The molecule has 1 fully saturated rings. The van der Waals surface area contributed by atoms with Gasteiger partial charge in [-0.15, -0.1) is 11.3 Å². The van der Waals surface area contributed by atoms with Crippen LogP contribution in [0, 0.1) is 6.92 Å². The highest BCUT2D eigenvalue weighted by Crippen LogP contribution is 2.24. The highest BCUT2D eigenvalue weighted by atomic mass is 32.1. The summed E-state index contributed by atoms with van der Waals surface area (Å²) in [5.41, 5.74) is 0.969. The van der Waals surface area contributed by atoms with Gasteiger partial charge in [-0.25, -0.2) is 14.6 Å². The van der Waals surface area contributed by atoms with Crippen LogP contribution < -0.4 is 5.32 Å². The van der Waals surface area contributed by atoms with E-state index in [1.807, 2.05) is 13.8 Å². The molecule has 0 spiro atoms. The van der Waals surface area contributed by atoms with Gasteiger partial charge in [0.15, 0.2) is 5.13 Å². The molecule has 7 heteroatoms. The number of hydrogen-bond acceptors (Lipinski definition) is 4. The number of thiazole rings is 1. The molecule has 1 aliphatic heterocycles. The van der Waals surface area contributed by atoms with Crippen LogP contribution >= 0.6 is 11.3 Å². The Hall–Kier alpha value is -1.63. The largest absolute Gasteiger partial charge is 0.480 e. The first-order chi connectivity index (χ1) is 9.02. The highest BCUT2D eigenvalue weighted by Gasteiger charge is 2.34. The molecule has 0 bridgehead atoms. The number of rotatable bonds is 3. The fourth-order valence-corrected chi connectivity index (χ4v) is 3.13. The van der Waals surface area contributed by atoms with Gasteiger partial charge in [0, 0.05) is 11.4 Å². The lowest BCUT2D eigenvalue weighted by Gasteiger charge is -2.20. The van der Waals surface area contributed by atoms with Crippen molar-refractivity contribution in [3.8, 4) is 0 Å². The second-order valence-electron chi connectivity index (χ2n) is 4.50. The quantitative estimate of drug-likeness (QED) is 0.890. The molecule has 2 heterocycles. The molecule has 1 aliphatic rings. The molecule has 2 N–H and O–H groups in total. The summed E-state index contributed by atoms with van der Waals surface area (Å²) in [6.07, 6.45) is 2.06. The molecule has 2 rings (SSSR count). The van der Waals surface area contributed by atoms with Gasteiger partial charge >= 0.3 is 12.0 Å². The first-order valence-electron chi connectivity index (χ1n) is 6.29. The van der Waals surface area contributed by atoms with Gasteiger partial charge in [-0.3, -0.25) is 5.32 Å². The molecule has 0 saturated carbocycles. The van der Waals surface area contributed by atoms with Crippen LogP contribution in [0.3, 0.4) is 0 Å². The van der Waals surface area contributed by atoms with E-state index in [0.717, 1.165) is 23.4 Å². The average Bonchev–Trinajstić information content (AvgIpc) is 2.95. The summed E-state index contributed by atoms with van der Waals surface area (Å²) in [5, 5.41) is 12.3. The number of carboxylic acid groups (broad SMARTS) is 1. The maximum Gasteiger partial charge on any atom is 0.326 e. The molecule has 0 aliphatic carbocycles. The van der Waals surface area contributed by atoms with Gasteiger partial charge in [-0.05, 0) is 26.2 Å². The SMILES string of the molecule is CCc1nc(NC(=O)N2CCCC2C(=O)O)sc1C. The van der Waals surface area contributed by atoms with Crippen molar-refractivity contribution in [1.29, 1.82) is 0 Å². The molecule has 0 aromatic carbocycles. The minimum absolute atomic E-state index is 0.374. The maximum atomic E-state index is 12.1. The maximum absolute atomic E-state index is 12.1. The van der Waals surface area contributed by atoms with Gasteiger partial charge in [-0.2, -0.15) is 0 Å². The van der Waals surface area contributed by atoms with E-state index < -0.39 is 12.0 Å². The summed E-state index contributed by atoms with van der Waals surface area (Å²) in [5.74, 6) is -0.947. The number of anilines is 1. The molecule has 1 aromatic rings. The van der Waals surface area contributed by atoms with Gasteiger partial charge in [0.2, 0.25) is 0 Å². The number of aliphatic carboxylic acids is 1. The first-order valence-corrected chi connectivity index (χ1v) is 7.11. The van der Waals surface area contributed by atoms with E-state index in [1.165, 1.54) is 16.2 Å². The van der Waals surface area contributed by atoms with E-state index in [0.29, 0.717) is 18.1 Å². The molecule has 1 aromatic heterocycles. The first kappa shape index (κ1) is 13.8. The number of urea groups is 1. The number of amides is 2. The average molecular weight is 283 g/mol. The Labute approximate surface area is 115 Å². The topological polar surface area (TPSA) is 82.5 Å². The minimum atomic E-state index is -0.947. The Morgan fingerprint density at radius 3 is 2.89 bits per heavy atom. The summed E-state index contributed by atoms with van der Waals surface area (Å²) >= 11 is 1.42. The zero-order valence-corrected chi connectivity index (χ0v) is 11.8. The summed E-state index contributed by atoms with van der Waals surface area (Å²) in [6, 6.07) is -1.09. The van der Waals surface area contributed by atoms with Gasteiger partial charge in [0.25, 0.3) is 0 Å². The Kier molecular flexibility index (Phi) is 4.04. The number of carboxylic acids is 1. The lowest BCUT2D eigenvalue weighted by atomic mass is 10.2. The Bertz CT molecular complexity index is 500. The molecule has 2 amide bonds. The molecule has 104 valence electrons. The third-order valence-electron chi connectivity index (χ3n) is 3.24. The van der Waals surface area contributed by atoms with Gasteiger partial charge in [0.05, 0.1) is 5.69 Å². The van der Waals surface area contributed by atoms with Crippen LogP contribution in [0.4, 0.5) is 9.93 Å². The van der Waals surface area contributed by atoms with Crippen molar-refractivity contribution < 1.29 is 14.7 Å². The van der Waals surface area contributed by atoms with Crippen molar-refractivity contribution in [2.45, 2.75) is 39.2 Å². The van der Waals surface area contributed by atoms with Crippen LogP contribution in [-0.4, -0.2) is 39.6 Å². The van der Waals surface area contributed by atoms with Gasteiger partial charge in [-0.1, -0.05) is 6.92 Å². The Morgan fingerprint density at radius 1 is 1.58 bits per heavy atom. The number of nitrogens with zero attached hydrogens (tertiary/aromatic N) is 2. The second-order valence-corrected chi connectivity index (χ2v) is 5.70. The highest BCUT2D eigenvalue weighted by molar-refractivity contribution is 7.15. The fourth-order valence-electron chi connectivity index (χ4n) is 2.24. The van der Waals surface area contributed by atoms with E-state index in [1.54, 1.807) is 0 Å². The number of carbonyl (C=O) groups excluding carboxylic acids is 1. The number of nitrogens with one attached hydrogen (secondary N) is 1. The Balaban J connectivity index is 2.06. The summed E-state index contributed by atoms with van der Waals surface area (Å²) < 4.78 is 0. The molecular weight excluding hydrogens is 266 g/mol. The van der Waals surface area contributed by atoms with Crippen molar-refractivity contribution in [3.63, 3.8) is 0 Å². The normalized spacial score (nSPS) is 18.6. The lowest BCUT2D eigenvalue weighted by molar-refractivity contribution is -0.141. The predicted octanol–water partition coefficient (Wildman–Crippen LogP) is 2.09. The van der Waals surface area contributed by atoms with E-state index in [-0.39, 0.29) is 6.03 Å². The minimum Gasteiger partial charge on any atom is -0.480 e. The van der Waals surface area contributed by atoms with Gasteiger partial charge < -0.3 is 10.0 Å². The fraction of sp³-hybridized carbons (Fsp3) is 0.583. The molecule has 1 saturated heterocycles. The van der Waals surface area contributed by atoms with Crippen LogP contribution in [0.15, 0.2) is 0 Å². The molecular formula is C12H17N3O3S. The lowest BCUT2D eigenvalue weighted by Crippen LogP contribution is -2.42. The predicted molar refractivity (Wildman–Crippen MR) is 72.6 cm³/mol. The summed E-state index contributed by atoms with van der Waals surface area (Å²) in [7, 11) is 0. The summed E-state index contributed by atoms with van der Waals surface area (Å²) in [6.45, 7) is 4.45. The number of aryl methyl sites for hydroxylation is 2. The zero-order valence-electron chi connectivity index (χ0n) is 11.0. The monoisotopic (exact) mass is 283 g/mol. The standard InChI is InChI=1S/C12H17N3O3S/c1-3-8-7(2)19-11(13-8)14-12(18)15-6-4-5-9(15)10(16)17/h9H,3-6H2,1-2H3,(H,16,17)(H,13,14,18). The molecule has 6 nitrogen and oxygen atoms in total. The van der Waals surface area contributed by atoms with Crippen LogP contribution in [0.25, 0.3) is 0 Å². The third kappa shape index (κ3) is 2.86. The zero-order chi connectivity index (χ0) is 14.0. The van der Waals surface area contributed by atoms with E-state index in [2.05, 4.69) is 10.3 Å². The molecule has 19 heavy (non-hydrogen) atoms. The van der Waals surface area contributed by atoms with Crippen LogP contribution in [0.5, 0.6) is 0 Å². The third-order valence-corrected chi connectivity index (χ3v) is 4.17. The van der Waals surface area contributed by atoms with E-state index in [9.17, 15) is 9.59 Å². The number of hydrogen-bond donors (Lipinski definition) is 2. The van der Waals surface area contributed by atoms with Crippen LogP contribution in [0.1, 0.15) is 30.3 Å². The smallest absolute Gasteiger partial charge is 0.326 e. The summed E-state index contributed by atoms with van der Waals surface area (Å²) in [4.78, 5) is 29.9. The van der Waals surface area contributed by atoms with Crippen molar-refractivity contribution in [2.24, 2.45) is 0 Å². The van der Waals surface area contributed by atoms with Crippen molar-refractivity contribution in [2.75, 3.05) is 11.9 Å². The van der Waals surface area contributed by atoms with Crippen molar-refractivity contribution in [1.82, 2.24) is 9.88 Å². The second kappa shape index (κ2) is 5.56. The van der Waals surface area contributed by atoms with Crippen LogP contribution in [-0.2, 0) is 11.2 Å².